The molecule has 2 rings (SSSR count). The Morgan fingerprint density at radius 2 is 2.05 bits per heavy atom. The highest BCUT2D eigenvalue weighted by Crippen LogP contribution is 2.33. The molecule has 0 spiro atoms. The minimum atomic E-state index is -0.795. The zero-order chi connectivity index (χ0) is 15.3. The first kappa shape index (κ1) is 16.0. The molecule has 116 valence electrons. The quantitative estimate of drug-likeness (QED) is 0.877. The summed E-state index contributed by atoms with van der Waals surface area (Å²) >= 11 is 0. The van der Waals surface area contributed by atoms with Crippen molar-refractivity contribution in [1.82, 2.24) is 5.32 Å². The second kappa shape index (κ2) is 7.03. The molecule has 1 aromatic rings. The maximum atomic E-state index is 13.5. The van der Waals surface area contributed by atoms with Gasteiger partial charge in [0.05, 0.1) is 12.0 Å². The molecule has 1 fully saturated rings. The summed E-state index contributed by atoms with van der Waals surface area (Å²) in [5.41, 5.74) is -0.409. The number of hydrogen-bond donors (Lipinski definition) is 2. The van der Waals surface area contributed by atoms with Gasteiger partial charge < -0.3 is 10.4 Å². The molecule has 0 radical (unpaired) electrons. The zero-order valence-corrected chi connectivity index (χ0v) is 12.6. The second-order valence-corrected chi connectivity index (χ2v) is 6.12. The van der Waals surface area contributed by atoms with E-state index in [1.165, 1.54) is 6.07 Å². The van der Waals surface area contributed by atoms with Crippen LogP contribution in [0.3, 0.4) is 0 Å². The van der Waals surface area contributed by atoms with Gasteiger partial charge in [-0.05, 0) is 43.2 Å². The normalized spacial score (nSPS) is 25.6. The number of amides is 1. The van der Waals surface area contributed by atoms with Crippen LogP contribution >= 0.6 is 0 Å². The number of rotatable bonds is 5. The first-order chi connectivity index (χ1) is 10.0. The lowest BCUT2D eigenvalue weighted by atomic mass is 9.78. The van der Waals surface area contributed by atoms with Crippen molar-refractivity contribution < 1.29 is 14.3 Å². The van der Waals surface area contributed by atoms with Crippen LogP contribution in [0.4, 0.5) is 4.39 Å². The Kier molecular flexibility index (Phi) is 5.34. The molecular weight excluding hydrogens is 269 g/mol. The summed E-state index contributed by atoms with van der Waals surface area (Å²) in [6, 6.07) is 6.27. The first-order valence-electron chi connectivity index (χ1n) is 7.75. The number of carbonyl (C=O) groups is 1. The summed E-state index contributed by atoms with van der Waals surface area (Å²) in [7, 11) is 0. The summed E-state index contributed by atoms with van der Waals surface area (Å²) in [6.07, 6.45) is 4.64. The Morgan fingerprint density at radius 1 is 1.38 bits per heavy atom. The number of aliphatic hydroxyl groups is 1. The van der Waals surface area contributed by atoms with Gasteiger partial charge in [-0.3, -0.25) is 4.79 Å². The molecule has 1 saturated carbocycles. The Hall–Kier alpha value is -1.42. The maximum Gasteiger partial charge on any atom is 0.224 e. The molecule has 1 aromatic carbocycles. The van der Waals surface area contributed by atoms with Gasteiger partial charge >= 0.3 is 0 Å². The lowest BCUT2D eigenvalue weighted by molar-refractivity contribution is -0.122. The molecule has 0 atom stereocenters. The Bertz CT molecular complexity index is 481. The van der Waals surface area contributed by atoms with Crippen molar-refractivity contribution in [3.05, 3.63) is 35.6 Å². The zero-order valence-electron chi connectivity index (χ0n) is 12.6. The minimum absolute atomic E-state index is 0.0142. The van der Waals surface area contributed by atoms with E-state index in [0.29, 0.717) is 11.5 Å². The SMILES string of the molecule is CCC1CCC(O)(CNC(=O)Cc2ccccc2F)CC1. The van der Waals surface area contributed by atoms with Gasteiger partial charge in [0, 0.05) is 6.54 Å². The van der Waals surface area contributed by atoms with Gasteiger partial charge in [-0.15, -0.1) is 0 Å². The van der Waals surface area contributed by atoms with Gasteiger partial charge in [-0.2, -0.15) is 0 Å². The van der Waals surface area contributed by atoms with E-state index >= 15 is 0 Å². The molecular formula is C17H24FNO2. The first-order valence-corrected chi connectivity index (χ1v) is 7.75. The third-order valence-corrected chi connectivity index (χ3v) is 4.54. The molecule has 2 N–H and O–H groups in total. The summed E-state index contributed by atoms with van der Waals surface area (Å²) in [4.78, 5) is 11.9. The van der Waals surface area contributed by atoms with E-state index in [0.717, 1.165) is 32.1 Å². The third kappa shape index (κ3) is 4.53. The number of nitrogens with one attached hydrogen (secondary N) is 1. The van der Waals surface area contributed by atoms with E-state index in [1.807, 2.05) is 0 Å². The van der Waals surface area contributed by atoms with Crippen LogP contribution in [0.2, 0.25) is 0 Å². The average molecular weight is 293 g/mol. The molecule has 0 unspecified atom stereocenters. The molecule has 21 heavy (non-hydrogen) atoms. The lowest BCUT2D eigenvalue weighted by Gasteiger charge is -2.35. The van der Waals surface area contributed by atoms with Crippen molar-refractivity contribution in [2.75, 3.05) is 6.54 Å². The van der Waals surface area contributed by atoms with Gasteiger partial charge in [-0.25, -0.2) is 4.39 Å². The van der Waals surface area contributed by atoms with Crippen molar-refractivity contribution >= 4 is 5.91 Å². The van der Waals surface area contributed by atoms with E-state index < -0.39 is 5.60 Å². The van der Waals surface area contributed by atoms with E-state index in [2.05, 4.69) is 12.2 Å². The molecule has 4 heteroatoms. The molecule has 0 heterocycles. The van der Waals surface area contributed by atoms with E-state index in [1.54, 1.807) is 18.2 Å². The van der Waals surface area contributed by atoms with Crippen LogP contribution in [0, 0.1) is 11.7 Å². The number of carbonyl (C=O) groups excluding carboxylic acids is 1. The fourth-order valence-electron chi connectivity index (χ4n) is 2.94. The number of hydrogen-bond acceptors (Lipinski definition) is 2. The van der Waals surface area contributed by atoms with Crippen molar-refractivity contribution in [3.63, 3.8) is 0 Å². The average Bonchev–Trinajstić information content (AvgIpc) is 2.49. The fourth-order valence-corrected chi connectivity index (χ4v) is 2.94. The van der Waals surface area contributed by atoms with Crippen LogP contribution < -0.4 is 5.32 Å². The van der Waals surface area contributed by atoms with Crippen LogP contribution in [0.15, 0.2) is 24.3 Å². The van der Waals surface area contributed by atoms with Crippen molar-refractivity contribution in [3.8, 4) is 0 Å². The summed E-state index contributed by atoms with van der Waals surface area (Å²) in [5, 5.41) is 13.2. The van der Waals surface area contributed by atoms with E-state index in [4.69, 9.17) is 0 Å². The van der Waals surface area contributed by atoms with Crippen LogP contribution in [0.1, 0.15) is 44.6 Å². The van der Waals surface area contributed by atoms with Gasteiger partial charge in [0.25, 0.3) is 0 Å². The van der Waals surface area contributed by atoms with E-state index in [-0.39, 0.29) is 24.7 Å². The molecule has 0 aliphatic heterocycles. The van der Waals surface area contributed by atoms with E-state index in [9.17, 15) is 14.3 Å². The van der Waals surface area contributed by atoms with Crippen LogP contribution in [0.5, 0.6) is 0 Å². The highest BCUT2D eigenvalue weighted by atomic mass is 19.1. The highest BCUT2D eigenvalue weighted by molar-refractivity contribution is 5.78. The standard InChI is InChI=1S/C17H24FNO2/c1-2-13-7-9-17(21,10-8-13)12-19-16(20)11-14-5-3-4-6-15(14)18/h3-6,13,21H,2,7-12H2,1H3,(H,19,20). The second-order valence-electron chi connectivity index (χ2n) is 6.12. The van der Waals surface area contributed by atoms with Gasteiger partial charge in [0.2, 0.25) is 5.91 Å². The van der Waals surface area contributed by atoms with Crippen molar-refractivity contribution in [2.24, 2.45) is 5.92 Å². The van der Waals surface area contributed by atoms with Crippen LogP contribution in [-0.4, -0.2) is 23.2 Å². The Balaban J connectivity index is 1.80. The Morgan fingerprint density at radius 3 is 2.67 bits per heavy atom. The largest absolute Gasteiger partial charge is 0.388 e. The topological polar surface area (TPSA) is 49.3 Å². The van der Waals surface area contributed by atoms with Gasteiger partial charge in [0.15, 0.2) is 0 Å². The number of benzene rings is 1. The molecule has 0 bridgehead atoms. The van der Waals surface area contributed by atoms with Crippen molar-refractivity contribution in [2.45, 2.75) is 51.0 Å². The molecule has 1 aliphatic rings. The van der Waals surface area contributed by atoms with Crippen LogP contribution in [0.25, 0.3) is 0 Å². The molecule has 3 nitrogen and oxygen atoms in total. The fraction of sp³-hybridized carbons (Fsp3) is 0.588. The monoisotopic (exact) mass is 293 g/mol. The predicted octanol–water partition coefficient (Wildman–Crippen LogP) is 2.82. The molecule has 1 aliphatic carbocycles. The summed E-state index contributed by atoms with van der Waals surface area (Å²) in [6.45, 7) is 2.43. The molecule has 1 amide bonds. The molecule has 0 saturated heterocycles. The van der Waals surface area contributed by atoms with Gasteiger partial charge in [0.1, 0.15) is 5.82 Å². The van der Waals surface area contributed by atoms with Crippen LogP contribution in [-0.2, 0) is 11.2 Å². The third-order valence-electron chi connectivity index (χ3n) is 4.54. The summed E-state index contributed by atoms with van der Waals surface area (Å²) in [5.74, 6) is 0.0837. The smallest absolute Gasteiger partial charge is 0.224 e. The maximum absolute atomic E-state index is 13.5. The van der Waals surface area contributed by atoms with Crippen molar-refractivity contribution in [1.29, 1.82) is 0 Å². The highest BCUT2D eigenvalue weighted by Gasteiger charge is 2.32. The lowest BCUT2D eigenvalue weighted by Crippen LogP contribution is -2.45. The number of halogens is 1. The predicted molar refractivity (Wildman–Crippen MR) is 80.3 cm³/mol. The Labute approximate surface area is 125 Å². The summed E-state index contributed by atoms with van der Waals surface area (Å²) < 4.78 is 13.5. The molecule has 0 aromatic heterocycles. The minimum Gasteiger partial charge on any atom is -0.388 e. The van der Waals surface area contributed by atoms with Gasteiger partial charge in [-0.1, -0.05) is 31.5 Å².